The Kier molecular flexibility index (Phi) is 7.32. The number of amides is 1. The maximum absolute atomic E-state index is 12.3. The molecule has 1 N–H and O–H groups in total. The van der Waals surface area contributed by atoms with Crippen molar-refractivity contribution in [1.82, 2.24) is 15.0 Å². The average molecular weight is 429 g/mol. The fraction of sp³-hybridized carbons (Fsp3) is 0.190. The summed E-state index contributed by atoms with van der Waals surface area (Å²) in [5, 5.41) is 12.7. The summed E-state index contributed by atoms with van der Waals surface area (Å²) in [7, 11) is 0. The molecule has 1 heterocycles. The van der Waals surface area contributed by atoms with Crippen LogP contribution in [0, 0.1) is 6.92 Å². The fourth-order valence-electron chi connectivity index (χ4n) is 2.48. The second-order valence-corrected chi connectivity index (χ2v) is 7.66. The monoisotopic (exact) mass is 428 g/mol. The number of hydrogen-bond donors (Lipinski definition) is 1. The first kappa shape index (κ1) is 21.0. The molecule has 6 nitrogen and oxygen atoms in total. The third kappa shape index (κ3) is 6.10. The molecule has 3 aromatic rings. The highest BCUT2D eigenvalue weighted by Crippen LogP contribution is 2.24. The first-order valence-electron chi connectivity index (χ1n) is 8.96. The van der Waals surface area contributed by atoms with Gasteiger partial charge in [-0.1, -0.05) is 52.3 Å². The summed E-state index contributed by atoms with van der Waals surface area (Å²) in [6, 6.07) is 14.8. The minimum Gasteiger partial charge on any atom is -0.487 e. The van der Waals surface area contributed by atoms with Crippen LogP contribution in [-0.2, 0) is 17.9 Å². The Bertz CT molecular complexity index is 971. The molecule has 0 unspecified atom stereocenters. The van der Waals surface area contributed by atoms with Crippen molar-refractivity contribution in [3.8, 4) is 5.75 Å². The van der Waals surface area contributed by atoms with Crippen LogP contribution in [0.2, 0.25) is 5.02 Å². The molecule has 0 aliphatic carbocycles. The largest absolute Gasteiger partial charge is 0.487 e. The van der Waals surface area contributed by atoms with Crippen LogP contribution in [-0.4, -0.2) is 26.7 Å². The van der Waals surface area contributed by atoms with Gasteiger partial charge in [-0.15, -0.1) is 11.7 Å². The maximum Gasteiger partial charge on any atom is 0.234 e. The molecule has 1 aromatic heterocycles. The van der Waals surface area contributed by atoms with E-state index in [0.717, 1.165) is 16.3 Å². The average Bonchev–Trinajstić information content (AvgIpc) is 3.09. The lowest BCUT2D eigenvalue weighted by molar-refractivity contribution is -0.113. The Morgan fingerprint density at radius 2 is 1.97 bits per heavy atom. The third-order valence-electron chi connectivity index (χ3n) is 3.92. The molecule has 0 aliphatic heterocycles. The Hall–Kier alpha value is -2.77. The van der Waals surface area contributed by atoms with E-state index in [-0.39, 0.29) is 18.3 Å². The predicted octanol–water partition coefficient (Wildman–Crippen LogP) is 4.74. The van der Waals surface area contributed by atoms with Crippen molar-refractivity contribution < 1.29 is 9.53 Å². The zero-order valence-corrected chi connectivity index (χ0v) is 17.5. The number of nitrogens with one attached hydrogen (secondary N) is 1. The van der Waals surface area contributed by atoms with Gasteiger partial charge in [0.25, 0.3) is 0 Å². The van der Waals surface area contributed by atoms with E-state index in [1.165, 1.54) is 11.8 Å². The number of hydrogen-bond acceptors (Lipinski definition) is 5. The van der Waals surface area contributed by atoms with Crippen LogP contribution < -0.4 is 10.1 Å². The first-order valence-corrected chi connectivity index (χ1v) is 10.3. The van der Waals surface area contributed by atoms with E-state index in [1.54, 1.807) is 35.0 Å². The number of aromatic nitrogens is 3. The number of aryl methyl sites for hydroxylation is 1. The van der Waals surface area contributed by atoms with Crippen molar-refractivity contribution in [3.05, 3.63) is 77.5 Å². The Balaban J connectivity index is 1.63. The van der Waals surface area contributed by atoms with Crippen molar-refractivity contribution in [2.24, 2.45) is 0 Å². The summed E-state index contributed by atoms with van der Waals surface area (Å²) in [5.41, 5.74) is 2.57. The van der Waals surface area contributed by atoms with Crippen LogP contribution in [0.15, 0.2) is 66.2 Å². The molecule has 0 spiro atoms. The molecule has 0 aliphatic rings. The van der Waals surface area contributed by atoms with Crippen LogP contribution in [0.3, 0.4) is 0 Å². The fourth-order valence-corrected chi connectivity index (χ4v) is 3.47. The van der Waals surface area contributed by atoms with Crippen molar-refractivity contribution in [1.29, 1.82) is 0 Å². The zero-order valence-electron chi connectivity index (χ0n) is 16.0. The van der Waals surface area contributed by atoms with E-state index >= 15 is 0 Å². The van der Waals surface area contributed by atoms with Gasteiger partial charge in [0.2, 0.25) is 5.91 Å². The van der Waals surface area contributed by atoms with Gasteiger partial charge in [-0.05, 0) is 43.3 Å². The normalized spacial score (nSPS) is 10.6. The van der Waals surface area contributed by atoms with Crippen LogP contribution in [0.4, 0.5) is 5.69 Å². The number of ether oxygens (including phenoxy) is 1. The van der Waals surface area contributed by atoms with E-state index in [0.29, 0.717) is 23.0 Å². The molecule has 2 aromatic carbocycles. The standard InChI is InChI=1S/C21H21ClN4O2S/c1-3-12-26-21(29-14-20(27)23-17-8-4-15(2)5-9-17)19(24-25-26)13-28-18-10-6-16(22)7-11-18/h3-11H,1,12-14H2,2H3,(H,23,27). The second kappa shape index (κ2) is 10.1. The molecule has 0 saturated carbocycles. The predicted molar refractivity (Wildman–Crippen MR) is 117 cm³/mol. The quantitative estimate of drug-likeness (QED) is 0.394. The van der Waals surface area contributed by atoms with Crippen molar-refractivity contribution in [3.63, 3.8) is 0 Å². The number of carbonyl (C=O) groups excluding carboxylic acids is 1. The molecule has 0 saturated heterocycles. The molecule has 0 bridgehead atoms. The molecule has 3 rings (SSSR count). The summed E-state index contributed by atoms with van der Waals surface area (Å²) in [6.07, 6.45) is 1.73. The van der Waals surface area contributed by atoms with E-state index in [2.05, 4.69) is 22.2 Å². The number of benzene rings is 2. The molecule has 8 heteroatoms. The number of rotatable bonds is 9. The number of nitrogens with zero attached hydrogens (tertiary/aromatic N) is 3. The van der Waals surface area contributed by atoms with Gasteiger partial charge in [0.05, 0.1) is 12.3 Å². The van der Waals surface area contributed by atoms with E-state index in [1.807, 2.05) is 31.2 Å². The Labute approximate surface area is 178 Å². The molecule has 150 valence electrons. The SMILES string of the molecule is C=CCn1nnc(COc2ccc(Cl)cc2)c1SCC(=O)Nc1ccc(C)cc1. The highest BCUT2D eigenvalue weighted by Gasteiger charge is 2.16. The Morgan fingerprint density at radius 1 is 1.24 bits per heavy atom. The minimum atomic E-state index is -0.102. The van der Waals surface area contributed by atoms with Gasteiger partial charge in [0.15, 0.2) is 0 Å². The summed E-state index contributed by atoms with van der Waals surface area (Å²) in [6.45, 7) is 6.48. The van der Waals surface area contributed by atoms with Gasteiger partial charge in [-0.3, -0.25) is 4.79 Å². The number of halogens is 1. The van der Waals surface area contributed by atoms with Crippen LogP contribution in [0.1, 0.15) is 11.3 Å². The van der Waals surface area contributed by atoms with Gasteiger partial charge >= 0.3 is 0 Å². The third-order valence-corrected chi connectivity index (χ3v) is 5.30. The lowest BCUT2D eigenvalue weighted by atomic mass is 10.2. The van der Waals surface area contributed by atoms with Crippen LogP contribution in [0.25, 0.3) is 0 Å². The number of anilines is 1. The molecule has 0 atom stereocenters. The summed E-state index contributed by atoms with van der Waals surface area (Å²) in [5.74, 6) is 0.808. The van der Waals surface area contributed by atoms with Gasteiger partial charge in [-0.2, -0.15) is 0 Å². The summed E-state index contributed by atoms with van der Waals surface area (Å²) in [4.78, 5) is 12.3. The number of carbonyl (C=O) groups is 1. The molecule has 0 radical (unpaired) electrons. The first-order chi connectivity index (χ1) is 14.0. The Morgan fingerprint density at radius 3 is 2.66 bits per heavy atom. The lowest BCUT2D eigenvalue weighted by Gasteiger charge is -2.09. The van der Waals surface area contributed by atoms with Crippen LogP contribution >= 0.6 is 23.4 Å². The van der Waals surface area contributed by atoms with Crippen molar-refractivity contribution in [2.45, 2.75) is 25.1 Å². The molecular formula is C21H21ClN4O2S. The number of allylic oxidation sites excluding steroid dienone is 1. The topological polar surface area (TPSA) is 69.0 Å². The molecule has 0 fully saturated rings. The van der Waals surface area contributed by atoms with Gasteiger partial charge in [-0.25, -0.2) is 4.68 Å². The summed E-state index contributed by atoms with van der Waals surface area (Å²) >= 11 is 7.26. The molecule has 1 amide bonds. The van der Waals surface area contributed by atoms with Crippen molar-refractivity contribution >= 4 is 35.0 Å². The van der Waals surface area contributed by atoms with Crippen molar-refractivity contribution in [2.75, 3.05) is 11.1 Å². The second-order valence-electron chi connectivity index (χ2n) is 6.26. The van der Waals surface area contributed by atoms with Crippen LogP contribution in [0.5, 0.6) is 5.75 Å². The van der Waals surface area contributed by atoms with Gasteiger partial charge < -0.3 is 10.1 Å². The zero-order chi connectivity index (χ0) is 20.6. The minimum absolute atomic E-state index is 0.102. The highest BCUT2D eigenvalue weighted by molar-refractivity contribution is 8.00. The smallest absolute Gasteiger partial charge is 0.234 e. The van der Waals surface area contributed by atoms with Gasteiger partial charge in [0.1, 0.15) is 23.1 Å². The van der Waals surface area contributed by atoms with Gasteiger partial charge in [0, 0.05) is 10.7 Å². The summed E-state index contributed by atoms with van der Waals surface area (Å²) < 4.78 is 7.48. The number of thioether (sulfide) groups is 1. The molecular weight excluding hydrogens is 408 g/mol. The van der Waals surface area contributed by atoms with E-state index in [9.17, 15) is 4.79 Å². The maximum atomic E-state index is 12.3. The lowest BCUT2D eigenvalue weighted by Crippen LogP contribution is -2.15. The van der Waals surface area contributed by atoms with E-state index in [4.69, 9.17) is 16.3 Å². The van der Waals surface area contributed by atoms with E-state index < -0.39 is 0 Å². The highest BCUT2D eigenvalue weighted by atomic mass is 35.5. The molecule has 29 heavy (non-hydrogen) atoms.